The Morgan fingerprint density at radius 1 is 1.03 bits per heavy atom. The largest absolute Gasteiger partial charge is 0.337 e. The van der Waals surface area contributed by atoms with E-state index in [9.17, 15) is 13.6 Å². The molecule has 30 heavy (non-hydrogen) atoms. The third-order valence-electron chi connectivity index (χ3n) is 4.65. The summed E-state index contributed by atoms with van der Waals surface area (Å²) in [6.45, 7) is 0.497. The highest BCUT2D eigenvalue weighted by Crippen LogP contribution is 2.20. The van der Waals surface area contributed by atoms with Gasteiger partial charge in [0.25, 0.3) is 5.91 Å². The van der Waals surface area contributed by atoms with Gasteiger partial charge in [0.2, 0.25) is 0 Å². The Balaban J connectivity index is 1.50. The molecule has 5 nitrogen and oxygen atoms in total. The molecule has 2 aromatic carbocycles. The monoisotopic (exact) mass is 404 g/mol. The van der Waals surface area contributed by atoms with Gasteiger partial charge in [0.05, 0.1) is 17.5 Å². The normalized spacial score (nSPS) is 10.8. The molecule has 150 valence electrons. The van der Waals surface area contributed by atoms with Crippen molar-refractivity contribution in [2.75, 3.05) is 7.05 Å². The number of benzene rings is 2. The van der Waals surface area contributed by atoms with Crippen LogP contribution in [0.1, 0.15) is 15.9 Å². The van der Waals surface area contributed by atoms with Crippen molar-refractivity contribution in [3.8, 4) is 16.9 Å². The molecule has 0 aliphatic carbocycles. The number of aromatic nitrogens is 3. The van der Waals surface area contributed by atoms with Crippen LogP contribution in [0.2, 0.25) is 0 Å². The summed E-state index contributed by atoms with van der Waals surface area (Å²) in [5.74, 6) is -1.50. The van der Waals surface area contributed by atoms with Crippen molar-refractivity contribution < 1.29 is 13.6 Å². The topological polar surface area (TPSA) is 51.0 Å². The van der Waals surface area contributed by atoms with E-state index in [1.165, 1.54) is 29.2 Å². The van der Waals surface area contributed by atoms with E-state index in [1.54, 1.807) is 30.3 Å². The molecule has 0 N–H and O–H groups in total. The maximum atomic E-state index is 14.0. The summed E-state index contributed by atoms with van der Waals surface area (Å²) < 4.78 is 28.4. The van der Waals surface area contributed by atoms with Crippen molar-refractivity contribution in [3.63, 3.8) is 0 Å². The highest BCUT2D eigenvalue weighted by molar-refractivity contribution is 5.94. The Hall–Kier alpha value is -3.87. The molecule has 0 unspecified atom stereocenters. The molecule has 0 aliphatic rings. The Bertz CT molecular complexity index is 1170. The number of amides is 1. The van der Waals surface area contributed by atoms with Gasteiger partial charge in [0, 0.05) is 37.6 Å². The minimum atomic E-state index is -0.708. The lowest BCUT2D eigenvalue weighted by Crippen LogP contribution is -2.26. The van der Waals surface area contributed by atoms with Crippen LogP contribution in [0.15, 0.2) is 79.3 Å². The molecular formula is C23H18F2N4O. The first-order chi connectivity index (χ1) is 14.5. The van der Waals surface area contributed by atoms with Crippen LogP contribution in [0, 0.1) is 11.6 Å². The summed E-state index contributed by atoms with van der Waals surface area (Å²) in [6, 6.07) is 16.4. The second-order valence-electron chi connectivity index (χ2n) is 6.85. The lowest BCUT2D eigenvalue weighted by atomic mass is 10.1. The Morgan fingerprint density at radius 2 is 1.83 bits per heavy atom. The van der Waals surface area contributed by atoms with Crippen LogP contribution >= 0.6 is 0 Å². The Kier molecular flexibility index (Phi) is 5.34. The molecule has 2 aromatic heterocycles. The maximum absolute atomic E-state index is 14.0. The summed E-state index contributed by atoms with van der Waals surface area (Å²) in [5, 5.41) is 4.12. The van der Waals surface area contributed by atoms with Crippen molar-refractivity contribution in [1.29, 1.82) is 0 Å². The average Bonchev–Trinajstić information content (AvgIpc) is 3.24. The van der Waals surface area contributed by atoms with Gasteiger partial charge < -0.3 is 4.90 Å². The van der Waals surface area contributed by atoms with Crippen molar-refractivity contribution in [1.82, 2.24) is 19.7 Å². The number of pyridine rings is 1. The lowest BCUT2D eigenvalue weighted by Gasteiger charge is -2.17. The van der Waals surface area contributed by atoms with Crippen LogP contribution in [-0.4, -0.2) is 32.6 Å². The summed E-state index contributed by atoms with van der Waals surface area (Å²) in [6.07, 6.45) is 4.64. The third kappa shape index (κ3) is 4.10. The Morgan fingerprint density at radius 3 is 2.53 bits per heavy atom. The highest BCUT2D eigenvalue weighted by Gasteiger charge is 2.14. The van der Waals surface area contributed by atoms with Gasteiger partial charge in [-0.15, -0.1) is 0 Å². The van der Waals surface area contributed by atoms with Gasteiger partial charge in [-0.3, -0.25) is 9.78 Å². The van der Waals surface area contributed by atoms with Crippen LogP contribution in [0.4, 0.5) is 8.78 Å². The van der Waals surface area contributed by atoms with Gasteiger partial charge in [-0.2, -0.15) is 5.10 Å². The van der Waals surface area contributed by atoms with Gasteiger partial charge in [0.1, 0.15) is 11.5 Å². The molecule has 0 saturated heterocycles. The molecule has 0 saturated carbocycles. The number of nitrogens with zero attached hydrogens (tertiary/aromatic N) is 4. The van der Waals surface area contributed by atoms with Crippen molar-refractivity contribution in [3.05, 3.63) is 102 Å². The summed E-state index contributed by atoms with van der Waals surface area (Å²) in [4.78, 5) is 18.6. The van der Waals surface area contributed by atoms with E-state index < -0.39 is 11.6 Å². The van der Waals surface area contributed by atoms with E-state index in [2.05, 4.69) is 10.1 Å². The number of hydrogen-bond donors (Lipinski definition) is 0. The fraction of sp³-hybridized carbons (Fsp3) is 0.0870. The fourth-order valence-corrected chi connectivity index (χ4v) is 3.09. The first kappa shape index (κ1) is 19.4. The summed E-state index contributed by atoms with van der Waals surface area (Å²) in [7, 11) is 1.74. The van der Waals surface area contributed by atoms with E-state index in [4.69, 9.17) is 0 Å². The predicted molar refractivity (Wildman–Crippen MR) is 109 cm³/mol. The van der Waals surface area contributed by atoms with Crippen LogP contribution in [0.25, 0.3) is 16.9 Å². The van der Waals surface area contributed by atoms with Crippen molar-refractivity contribution in [2.24, 2.45) is 0 Å². The second kappa shape index (κ2) is 8.24. The zero-order chi connectivity index (χ0) is 21.1. The maximum Gasteiger partial charge on any atom is 0.255 e. The third-order valence-corrected chi connectivity index (χ3v) is 4.65. The molecule has 0 atom stereocenters. The molecule has 1 amide bonds. The smallest absolute Gasteiger partial charge is 0.255 e. The van der Waals surface area contributed by atoms with Crippen molar-refractivity contribution >= 4 is 5.91 Å². The molecule has 0 bridgehead atoms. The van der Waals surface area contributed by atoms with E-state index in [0.717, 1.165) is 11.6 Å². The van der Waals surface area contributed by atoms with Gasteiger partial charge in [0.15, 0.2) is 5.82 Å². The molecule has 4 aromatic rings. The highest BCUT2D eigenvalue weighted by atomic mass is 19.1. The van der Waals surface area contributed by atoms with Crippen LogP contribution in [0.3, 0.4) is 0 Å². The molecule has 0 aliphatic heterocycles. The first-order valence-corrected chi connectivity index (χ1v) is 9.27. The van der Waals surface area contributed by atoms with Crippen molar-refractivity contribution in [2.45, 2.75) is 6.54 Å². The van der Waals surface area contributed by atoms with Gasteiger partial charge in [-0.25, -0.2) is 13.5 Å². The minimum absolute atomic E-state index is 0.136. The van der Waals surface area contributed by atoms with Gasteiger partial charge in [-0.1, -0.05) is 30.3 Å². The fourth-order valence-electron chi connectivity index (χ4n) is 3.09. The number of hydrogen-bond acceptors (Lipinski definition) is 3. The molecule has 4 rings (SSSR count). The van der Waals surface area contributed by atoms with E-state index in [0.29, 0.717) is 23.4 Å². The number of carbonyl (C=O) groups excluding carboxylic acids is 1. The standard InChI is InChI=1S/C23H18F2N4O/c1-28(14-16-5-3-2-4-6-16)23(30)17-7-9-21(26-12-17)18-13-27-29(15-18)22-10-8-19(24)11-20(22)25/h2-13,15H,14H2,1H3. The summed E-state index contributed by atoms with van der Waals surface area (Å²) in [5.41, 5.74) is 2.88. The predicted octanol–water partition coefficient (Wildman–Crippen LogP) is 4.48. The Labute approximate surface area is 172 Å². The average molecular weight is 404 g/mol. The van der Waals surface area contributed by atoms with Gasteiger partial charge in [-0.05, 0) is 29.8 Å². The minimum Gasteiger partial charge on any atom is -0.337 e. The first-order valence-electron chi connectivity index (χ1n) is 9.27. The number of carbonyl (C=O) groups is 1. The van der Waals surface area contributed by atoms with E-state index >= 15 is 0 Å². The molecule has 0 fully saturated rings. The van der Waals surface area contributed by atoms with Gasteiger partial charge >= 0.3 is 0 Å². The number of rotatable bonds is 5. The summed E-state index contributed by atoms with van der Waals surface area (Å²) >= 11 is 0. The molecule has 2 heterocycles. The van der Waals surface area contributed by atoms with Crippen LogP contribution < -0.4 is 0 Å². The zero-order valence-electron chi connectivity index (χ0n) is 16.2. The van der Waals surface area contributed by atoms with E-state index in [1.807, 2.05) is 30.3 Å². The van der Waals surface area contributed by atoms with Crippen LogP contribution in [0.5, 0.6) is 0 Å². The SMILES string of the molecule is CN(Cc1ccccc1)C(=O)c1ccc(-c2cnn(-c3ccc(F)cc3F)c2)nc1. The lowest BCUT2D eigenvalue weighted by molar-refractivity contribution is 0.0784. The second-order valence-corrected chi connectivity index (χ2v) is 6.85. The molecule has 0 radical (unpaired) electrons. The van der Waals surface area contributed by atoms with Crippen LogP contribution in [-0.2, 0) is 6.54 Å². The zero-order valence-corrected chi connectivity index (χ0v) is 16.2. The molecule has 0 spiro atoms. The number of halogens is 2. The molecule has 7 heteroatoms. The molecular weight excluding hydrogens is 386 g/mol. The van der Waals surface area contributed by atoms with E-state index in [-0.39, 0.29) is 11.6 Å². The quantitative estimate of drug-likeness (QED) is 0.493.